The standard InChI is InChI=1S/C22H21ClFN5O3S/c1-21(12-33(30,31)22(20(25)29-21)5-7-32-11-22)16-9-15(2-3-17(16)24)28-19-18-13(4-6-26-19)8-14(23)10-27-18/h2-4,6,8-10H,5,7,11-12H2,1H3,(H2,25,29)(H,26,28)/t21-,22?/m0/s1. The van der Waals surface area contributed by atoms with Crippen LogP contribution in [-0.2, 0) is 20.1 Å². The van der Waals surface area contributed by atoms with Crippen molar-refractivity contribution in [1.82, 2.24) is 9.97 Å². The number of nitrogens with one attached hydrogen (secondary N) is 1. The van der Waals surface area contributed by atoms with E-state index < -0.39 is 25.9 Å². The van der Waals surface area contributed by atoms with E-state index in [1.54, 1.807) is 25.3 Å². The Hall–Kier alpha value is -2.82. The normalized spacial score (nSPS) is 26.5. The molecule has 3 N–H and O–H groups in total. The number of rotatable bonds is 3. The van der Waals surface area contributed by atoms with Gasteiger partial charge in [0.05, 0.1) is 17.4 Å². The maximum Gasteiger partial charge on any atom is 0.168 e. The van der Waals surface area contributed by atoms with Gasteiger partial charge in [0.1, 0.15) is 22.7 Å². The van der Waals surface area contributed by atoms with Crippen LogP contribution in [0, 0.1) is 5.82 Å². The second kappa shape index (κ2) is 7.61. The van der Waals surface area contributed by atoms with Crippen LogP contribution in [0.3, 0.4) is 0 Å². The van der Waals surface area contributed by atoms with Gasteiger partial charge in [-0.25, -0.2) is 17.8 Å². The van der Waals surface area contributed by atoms with E-state index in [0.29, 0.717) is 22.0 Å². The number of halogens is 2. The van der Waals surface area contributed by atoms with E-state index >= 15 is 0 Å². The van der Waals surface area contributed by atoms with E-state index in [2.05, 4.69) is 20.3 Å². The number of nitrogens with zero attached hydrogens (tertiary/aromatic N) is 3. The van der Waals surface area contributed by atoms with Gasteiger partial charge in [0, 0.05) is 35.6 Å². The fourth-order valence-corrected chi connectivity index (χ4v) is 6.90. The smallest absolute Gasteiger partial charge is 0.168 e. The third kappa shape index (κ3) is 3.53. The predicted octanol–water partition coefficient (Wildman–Crippen LogP) is 3.33. The third-order valence-electron chi connectivity index (χ3n) is 6.26. The van der Waals surface area contributed by atoms with E-state index in [4.69, 9.17) is 22.1 Å². The van der Waals surface area contributed by atoms with Crippen molar-refractivity contribution in [1.29, 1.82) is 0 Å². The highest BCUT2D eigenvalue weighted by atomic mass is 35.5. The molecule has 0 bridgehead atoms. The summed E-state index contributed by atoms with van der Waals surface area (Å²) in [6.07, 6.45) is 3.37. The van der Waals surface area contributed by atoms with E-state index in [1.165, 1.54) is 24.4 Å². The molecule has 0 radical (unpaired) electrons. The Morgan fingerprint density at radius 3 is 2.79 bits per heavy atom. The van der Waals surface area contributed by atoms with E-state index in [9.17, 15) is 12.8 Å². The second-order valence-corrected chi connectivity index (χ2v) is 11.3. The Balaban J connectivity index is 1.56. The molecular weight excluding hydrogens is 469 g/mol. The molecule has 1 saturated heterocycles. The molecule has 33 heavy (non-hydrogen) atoms. The van der Waals surface area contributed by atoms with Crippen molar-refractivity contribution in [3.05, 3.63) is 59.1 Å². The summed E-state index contributed by atoms with van der Waals surface area (Å²) < 4.78 is 45.5. The van der Waals surface area contributed by atoms with Crippen molar-refractivity contribution in [2.45, 2.75) is 23.6 Å². The number of anilines is 2. The summed E-state index contributed by atoms with van der Waals surface area (Å²) in [7, 11) is -3.75. The number of benzene rings is 1. The topological polar surface area (TPSA) is 120 Å². The maximum atomic E-state index is 15.0. The lowest BCUT2D eigenvalue weighted by Crippen LogP contribution is -2.58. The predicted molar refractivity (Wildman–Crippen MR) is 125 cm³/mol. The van der Waals surface area contributed by atoms with E-state index in [-0.39, 0.29) is 36.8 Å². The van der Waals surface area contributed by atoms with Crippen LogP contribution in [0.1, 0.15) is 18.9 Å². The minimum Gasteiger partial charge on any atom is -0.386 e. The Morgan fingerprint density at radius 1 is 1.24 bits per heavy atom. The lowest BCUT2D eigenvalue weighted by Gasteiger charge is -2.39. The minimum absolute atomic E-state index is 0.0331. The Kier molecular flexibility index (Phi) is 5.07. The molecule has 172 valence electrons. The van der Waals surface area contributed by atoms with E-state index in [1.807, 2.05) is 0 Å². The lowest BCUT2D eigenvalue weighted by atomic mass is 9.92. The number of aromatic nitrogens is 2. The van der Waals surface area contributed by atoms with Crippen molar-refractivity contribution >= 4 is 49.7 Å². The molecule has 2 aliphatic heterocycles. The van der Waals surface area contributed by atoms with Gasteiger partial charge in [-0.2, -0.15) is 0 Å². The zero-order valence-electron chi connectivity index (χ0n) is 17.7. The van der Waals surface area contributed by atoms with Crippen molar-refractivity contribution in [3.63, 3.8) is 0 Å². The Morgan fingerprint density at radius 2 is 2.06 bits per heavy atom. The number of hydrogen-bond acceptors (Lipinski definition) is 8. The molecule has 2 aliphatic rings. The molecule has 11 heteroatoms. The van der Waals surface area contributed by atoms with Crippen molar-refractivity contribution in [2.75, 3.05) is 24.3 Å². The lowest BCUT2D eigenvalue weighted by molar-refractivity contribution is 0.194. The highest BCUT2D eigenvalue weighted by molar-refractivity contribution is 7.93. The molecule has 2 aromatic heterocycles. The first kappa shape index (κ1) is 22.0. The number of ether oxygens (including phenoxy) is 1. The average Bonchev–Trinajstić information content (AvgIpc) is 3.26. The molecule has 2 atom stereocenters. The Labute approximate surface area is 195 Å². The summed E-state index contributed by atoms with van der Waals surface area (Å²) in [6, 6.07) is 7.88. The number of aliphatic imine (C=N–C) groups is 1. The third-order valence-corrected chi connectivity index (χ3v) is 9.13. The van der Waals surface area contributed by atoms with Crippen molar-refractivity contribution in [3.8, 4) is 0 Å². The van der Waals surface area contributed by atoms with Crippen LogP contribution < -0.4 is 11.1 Å². The number of fused-ring (bicyclic) bond motifs is 1. The number of pyridine rings is 2. The zero-order valence-corrected chi connectivity index (χ0v) is 19.3. The zero-order chi connectivity index (χ0) is 23.4. The van der Waals surface area contributed by atoms with Gasteiger partial charge < -0.3 is 15.8 Å². The molecule has 4 heterocycles. The summed E-state index contributed by atoms with van der Waals surface area (Å²) in [4.78, 5) is 13.2. The fraction of sp³-hybridized carbons (Fsp3) is 0.318. The van der Waals surface area contributed by atoms with Gasteiger partial charge in [0.15, 0.2) is 20.4 Å². The molecule has 1 aromatic carbocycles. The molecule has 8 nitrogen and oxygen atoms in total. The van der Waals surface area contributed by atoms with E-state index in [0.717, 1.165) is 5.39 Å². The number of amidine groups is 1. The average molecular weight is 490 g/mol. The number of sulfone groups is 1. The van der Waals surface area contributed by atoms with Gasteiger partial charge in [-0.1, -0.05) is 11.6 Å². The van der Waals surface area contributed by atoms with Crippen molar-refractivity contribution in [2.24, 2.45) is 10.7 Å². The van der Waals surface area contributed by atoms with Crippen LogP contribution in [0.4, 0.5) is 15.9 Å². The maximum absolute atomic E-state index is 15.0. The molecule has 5 rings (SSSR count). The molecular formula is C22H21ClFN5O3S. The van der Waals surface area contributed by atoms with Crippen molar-refractivity contribution < 1.29 is 17.5 Å². The first-order valence-electron chi connectivity index (χ1n) is 10.3. The van der Waals surface area contributed by atoms with Crippen LogP contribution in [0.15, 0.2) is 47.7 Å². The van der Waals surface area contributed by atoms with Crippen LogP contribution in [-0.4, -0.2) is 47.9 Å². The van der Waals surface area contributed by atoms with Gasteiger partial charge in [-0.3, -0.25) is 9.98 Å². The molecule has 0 amide bonds. The molecule has 3 aromatic rings. The molecule has 1 unspecified atom stereocenters. The fourth-order valence-electron chi connectivity index (χ4n) is 4.48. The van der Waals surface area contributed by atoms with Crippen LogP contribution in [0.5, 0.6) is 0 Å². The SMILES string of the molecule is C[C@@]1(c2cc(Nc3nccc4cc(Cl)cnc34)ccc2F)CS(=O)(=O)C2(CCOC2)C(N)=N1. The monoisotopic (exact) mass is 489 g/mol. The number of hydrogen-bond donors (Lipinski definition) is 2. The van der Waals surface area contributed by atoms with Gasteiger partial charge in [0.25, 0.3) is 0 Å². The van der Waals surface area contributed by atoms with Gasteiger partial charge in [-0.05, 0) is 43.7 Å². The van der Waals surface area contributed by atoms with Crippen LogP contribution in [0.2, 0.25) is 5.02 Å². The van der Waals surface area contributed by atoms with Gasteiger partial charge in [-0.15, -0.1) is 0 Å². The molecule has 1 fully saturated rings. The molecule has 1 spiro atoms. The molecule has 0 saturated carbocycles. The van der Waals surface area contributed by atoms with Crippen LogP contribution in [0.25, 0.3) is 10.9 Å². The highest BCUT2D eigenvalue weighted by Gasteiger charge is 2.57. The van der Waals surface area contributed by atoms with Gasteiger partial charge in [0.2, 0.25) is 0 Å². The highest BCUT2D eigenvalue weighted by Crippen LogP contribution is 2.42. The summed E-state index contributed by atoms with van der Waals surface area (Å²) in [5.41, 5.74) is 5.98. The Bertz CT molecular complexity index is 1410. The summed E-state index contributed by atoms with van der Waals surface area (Å²) in [5.74, 6) is -0.544. The summed E-state index contributed by atoms with van der Waals surface area (Å²) in [6.45, 7) is 1.83. The second-order valence-electron chi connectivity index (χ2n) is 8.53. The molecule has 0 aliphatic carbocycles. The summed E-state index contributed by atoms with van der Waals surface area (Å²) in [5, 5.41) is 4.42. The number of nitrogens with two attached hydrogens (primary N) is 1. The first-order chi connectivity index (χ1) is 15.6. The first-order valence-corrected chi connectivity index (χ1v) is 12.3. The quantitative estimate of drug-likeness (QED) is 0.579. The van der Waals surface area contributed by atoms with Crippen LogP contribution >= 0.6 is 11.6 Å². The summed E-state index contributed by atoms with van der Waals surface area (Å²) >= 11 is 6.03. The minimum atomic E-state index is -3.75. The largest absolute Gasteiger partial charge is 0.386 e. The van der Waals surface area contributed by atoms with Gasteiger partial charge >= 0.3 is 0 Å².